The van der Waals surface area contributed by atoms with Crippen LogP contribution in [0.1, 0.15) is 11.1 Å². The molecule has 1 aromatic rings. The monoisotopic (exact) mass is 272 g/mol. The number of hydrogen-bond donors (Lipinski definition) is 1. The second kappa shape index (κ2) is 6.22. The molecular formula is C15H16N2O3. The van der Waals surface area contributed by atoms with Crippen molar-refractivity contribution in [3.05, 3.63) is 35.4 Å². The van der Waals surface area contributed by atoms with Crippen molar-refractivity contribution in [2.75, 3.05) is 26.7 Å². The summed E-state index contributed by atoms with van der Waals surface area (Å²) in [6, 6.07) is 7.43. The highest BCUT2D eigenvalue weighted by Crippen LogP contribution is 2.11. The molecule has 1 saturated heterocycles. The van der Waals surface area contributed by atoms with Crippen molar-refractivity contribution in [3.8, 4) is 11.8 Å². The SMILES string of the molecule is CN1CC(=O)N(Cc2cccc(C#CCO)c2)CC1=O. The molecule has 0 aromatic heterocycles. The van der Waals surface area contributed by atoms with E-state index in [0.29, 0.717) is 6.54 Å². The number of likely N-dealkylation sites (N-methyl/N-ethyl adjacent to an activating group) is 1. The Bertz CT molecular complexity index is 586. The van der Waals surface area contributed by atoms with E-state index in [1.54, 1.807) is 11.9 Å². The largest absolute Gasteiger partial charge is 0.384 e. The van der Waals surface area contributed by atoms with Crippen molar-refractivity contribution >= 4 is 11.8 Å². The topological polar surface area (TPSA) is 60.9 Å². The minimum absolute atomic E-state index is 0.0548. The Kier molecular flexibility index (Phi) is 4.38. The van der Waals surface area contributed by atoms with Crippen LogP contribution < -0.4 is 0 Å². The molecular weight excluding hydrogens is 256 g/mol. The molecule has 0 atom stereocenters. The first-order valence-electron chi connectivity index (χ1n) is 6.30. The van der Waals surface area contributed by atoms with Crippen molar-refractivity contribution in [2.24, 2.45) is 0 Å². The number of hydrogen-bond acceptors (Lipinski definition) is 3. The molecule has 5 nitrogen and oxygen atoms in total. The fourth-order valence-electron chi connectivity index (χ4n) is 2.02. The van der Waals surface area contributed by atoms with Crippen LogP contribution in [0.4, 0.5) is 0 Å². The summed E-state index contributed by atoms with van der Waals surface area (Å²) in [5, 5.41) is 8.68. The maximum Gasteiger partial charge on any atom is 0.242 e. The first kappa shape index (κ1) is 14.1. The third-order valence-corrected chi connectivity index (χ3v) is 3.09. The highest BCUT2D eigenvalue weighted by molar-refractivity contribution is 5.92. The number of amides is 2. The smallest absolute Gasteiger partial charge is 0.242 e. The van der Waals surface area contributed by atoms with Gasteiger partial charge in [0.05, 0.1) is 6.54 Å². The molecule has 0 saturated carbocycles. The lowest BCUT2D eigenvalue weighted by atomic mass is 10.1. The van der Waals surface area contributed by atoms with Gasteiger partial charge in [-0.05, 0) is 17.7 Å². The molecule has 0 bridgehead atoms. The Morgan fingerprint density at radius 3 is 2.80 bits per heavy atom. The summed E-state index contributed by atoms with van der Waals surface area (Å²) in [7, 11) is 1.63. The number of nitrogens with zero attached hydrogens (tertiary/aromatic N) is 2. The van der Waals surface area contributed by atoms with Gasteiger partial charge in [0, 0.05) is 19.2 Å². The van der Waals surface area contributed by atoms with Crippen LogP contribution in [0.3, 0.4) is 0 Å². The highest BCUT2D eigenvalue weighted by atomic mass is 16.2. The van der Waals surface area contributed by atoms with Crippen molar-refractivity contribution in [2.45, 2.75) is 6.54 Å². The number of rotatable bonds is 2. The molecule has 0 radical (unpaired) electrons. The fourth-order valence-corrected chi connectivity index (χ4v) is 2.02. The number of aliphatic hydroxyl groups is 1. The number of aliphatic hydroxyl groups excluding tert-OH is 1. The van der Waals surface area contributed by atoms with Gasteiger partial charge in [0.25, 0.3) is 0 Å². The summed E-state index contributed by atoms with van der Waals surface area (Å²) < 4.78 is 0. The van der Waals surface area contributed by atoms with E-state index in [-0.39, 0.29) is 31.5 Å². The van der Waals surface area contributed by atoms with Crippen molar-refractivity contribution in [3.63, 3.8) is 0 Å². The molecule has 1 aliphatic rings. The van der Waals surface area contributed by atoms with Crippen LogP contribution in [0.25, 0.3) is 0 Å². The Labute approximate surface area is 117 Å². The Hall–Kier alpha value is -2.32. The number of benzene rings is 1. The standard InChI is InChI=1S/C15H16N2O3/c1-16-10-15(20)17(11-14(16)19)9-13-5-2-4-12(8-13)6-3-7-18/h2,4-5,8,18H,7,9-11H2,1H3. The van der Waals surface area contributed by atoms with E-state index in [2.05, 4.69) is 11.8 Å². The van der Waals surface area contributed by atoms with Crippen molar-refractivity contribution in [1.29, 1.82) is 0 Å². The molecule has 2 amide bonds. The van der Waals surface area contributed by atoms with Crippen LogP contribution in [0.15, 0.2) is 24.3 Å². The average Bonchev–Trinajstić information content (AvgIpc) is 2.43. The second-order valence-corrected chi connectivity index (χ2v) is 4.66. The first-order chi connectivity index (χ1) is 9.60. The van der Waals surface area contributed by atoms with Gasteiger partial charge >= 0.3 is 0 Å². The summed E-state index contributed by atoms with van der Waals surface area (Å²) in [6.07, 6.45) is 0. The predicted molar refractivity (Wildman–Crippen MR) is 73.5 cm³/mol. The van der Waals surface area contributed by atoms with E-state index in [0.717, 1.165) is 11.1 Å². The van der Waals surface area contributed by atoms with E-state index in [1.807, 2.05) is 24.3 Å². The van der Waals surface area contributed by atoms with Gasteiger partial charge in [-0.15, -0.1) is 0 Å². The van der Waals surface area contributed by atoms with Gasteiger partial charge in [-0.25, -0.2) is 0 Å². The highest BCUT2D eigenvalue weighted by Gasteiger charge is 2.27. The Morgan fingerprint density at radius 2 is 2.05 bits per heavy atom. The predicted octanol–water partition coefficient (Wildman–Crippen LogP) is -0.169. The normalized spacial score (nSPS) is 15.1. The zero-order valence-corrected chi connectivity index (χ0v) is 11.3. The van der Waals surface area contributed by atoms with Crippen molar-refractivity contribution in [1.82, 2.24) is 9.80 Å². The summed E-state index contributed by atoms with van der Waals surface area (Å²) in [5.41, 5.74) is 1.70. The van der Waals surface area contributed by atoms with E-state index >= 15 is 0 Å². The maximum absolute atomic E-state index is 11.9. The van der Waals surface area contributed by atoms with Gasteiger partial charge in [0.15, 0.2) is 0 Å². The minimum Gasteiger partial charge on any atom is -0.384 e. The number of carbonyl (C=O) groups excluding carboxylic acids is 2. The van der Waals surface area contributed by atoms with Gasteiger partial charge in [-0.1, -0.05) is 24.0 Å². The molecule has 1 aliphatic heterocycles. The molecule has 0 spiro atoms. The molecule has 0 unspecified atom stereocenters. The summed E-state index contributed by atoms with van der Waals surface area (Å²) >= 11 is 0. The van der Waals surface area contributed by atoms with Crippen molar-refractivity contribution < 1.29 is 14.7 Å². The first-order valence-corrected chi connectivity index (χ1v) is 6.30. The van der Waals surface area contributed by atoms with E-state index < -0.39 is 0 Å². The van der Waals surface area contributed by atoms with Crippen LogP contribution in [0, 0.1) is 11.8 Å². The van der Waals surface area contributed by atoms with Crippen LogP contribution in [0.5, 0.6) is 0 Å². The molecule has 1 heterocycles. The molecule has 20 heavy (non-hydrogen) atoms. The molecule has 1 N–H and O–H groups in total. The summed E-state index contributed by atoms with van der Waals surface area (Å²) in [6.45, 7) is 0.452. The second-order valence-electron chi connectivity index (χ2n) is 4.66. The lowest BCUT2D eigenvalue weighted by Gasteiger charge is -2.31. The molecule has 1 aromatic carbocycles. The zero-order valence-electron chi connectivity index (χ0n) is 11.3. The Balaban J connectivity index is 2.10. The average molecular weight is 272 g/mol. The van der Waals surface area contributed by atoms with Gasteiger partial charge in [-0.2, -0.15) is 0 Å². The molecule has 0 aliphatic carbocycles. The van der Waals surface area contributed by atoms with E-state index in [1.165, 1.54) is 4.90 Å². The number of piperazine rings is 1. The summed E-state index contributed by atoms with van der Waals surface area (Å²) in [4.78, 5) is 26.5. The molecule has 104 valence electrons. The molecule has 2 rings (SSSR count). The number of carbonyl (C=O) groups is 2. The summed E-state index contributed by atoms with van der Waals surface area (Å²) in [5.74, 6) is 5.29. The van der Waals surface area contributed by atoms with Crippen LogP contribution in [-0.2, 0) is 16.1 Å². The van der Waals surface area contributed by atoms with Crippen LogP contribution >= 0.6 is 0 Å². The lowest BCUT2D eigenvalue weighted by molar-refractivity contribution is -0.149. The third kappa shape index (κ3) is 3.37. The van der Waals surface area contributed by atoms with E-state index in [4.69, 9.17) is 5.11 Å². The third-order valence-electron chi connectivity index (χ3n) is 3.09. The fraction of sp³-hybridized carbons (Fsp3) is 0.333. The van der Waals surface area contributed by atoms with Crippen LogP contribution in [0.2, 0.25) is 0 Å². The van der Waals surface area contributed by atoms with Crippen LogP contribution in [-0.4, -0.2) is 53.5 Å². The quantitative estimate of drug-likeness (QED) is 0.761. The molecule has 5 heteroatoms. The van der Waals surface area contributed by atoms with Gasteiger partial charge in [0.1, 0.15) is 13.2 Å². The zero-order chi connectivity index (χ0) is 14.5. The minimum atomic E-state index is -0.185. The van der Waals surface area contributed by atoms with E-state index in [9.17, 15) is 9.59 Å². The lowest BCUT2D eigenvalue weighted by Crippen LogP contribution is -2.51. The maximum atomic E-state index is 11.9. The Morgan fingerprint density at radius 1 is 1.25 bits per heavy atom. The van der Waals surface area contributed by atoms with Gasteiger partial charge in [0.2, 0.25) is 11.8 Å². The molecule has 1 fully saturated rings. The van der Waals surface area contributed by atoms with Gasteiger partial charge < -0.3 is 14.9 Å². The van der Waals surface area contributed by atoms with Gasteiger partial charge in [-0.3, -0.25) is 9.59 Å².